The van der Waals surface area contributed by atoms with E-state index in [1.807, 2.05) is 18.2 Å². The van der Waals surface area contributed by atoms with Gasteiger partial charge in [0, 0.05) is 22.0 Å². The minimum absolute atomic E-state index is 0.0230. The van der Waals surface area contributed by atoms with E-state index in [-0.39, 0.29) is 5.91 Å². The van der Waals surface area contributed by atoms with Crippen molar-refractivity contribution in [2.75, 3.05) is 26.2 Å². The van der Waals surface area contributed by atoms with Crippen molar-refractivity contribution >= 4 is 37.8 Å². The maximum atomic E-state index is 12.1. The first kappa shape index (κ1) is 15.0. The molecule has 0 bridgehead atoms. The number of amides is 1. The largest absolute Gasteiger partial charge is 0.351 e. The molecule has 1 amide bonds. The summed E-state index contributed by atoms with van der Waals surface area (Å²) in [5.41, 5.74) is 0.674. The monoisotopic (exact) mass is 388 g/mol. The van der Waals surface area contributed by atoms with Crippen LogP contribution in [-0.2, 0) is 0 Å². The van der Waals surface area contributed by atoms with E-state index in [2.05, 4.69) is 42.1 Å². The molecule has 2 rings (SSSR count). The van der Waals surface area contributed by atoms with Crippen LogP contribution in [0.5, 0.6) is 0 Å². The molecule has 5 heteroatoms. The number of nitrogens with zero attached hydrogens (tertiary/aromatic N) is 1. The van der Waals surface area contributed by atoms with Crippen molar-refractivity contribution in [2.24, 2.45) is 0 Å². The molecular weight excluding hydrogens is 372 g/mol. The van der Waals surface area contributed by atoms with Crippen LogP contribution in [0, 0.1) is 0 Å². The van der Waals surface area contributed by atoms with Crippen molar-refractivity contribution in [3.63, 3.8) is 0 Å². The second-order valence-electron chi connectivity index (χ2n) is 4.78. The van der Waals surface area contributed by atoms with Gasteiger partial charge in [-0.15, -0.1) is 0 Å². The van der Waals surface area contributed by atoms with Crippen LogP contribution in [0.25, 0.3) is 0 Å². The Kier molecular flexibility index (Phi) is 5.85. The van der Waals surface area contributed by atoms with Crippen molar-refractivity contribution < 1.29 is 4.79 Å². The molecule has 1 aromatic carbocycles. The van der Waals surface area contributed by atoms with E-state index in [1.54, 1.807) is 0 Å². The van der Waals surface area contributed by atoms with Crippen LogP contribution in [0.15, 0.2) is 27.1 Å². The maximum absolute atomic E-state index is 12.1. The summed E-state index contributed by atoms with van der Waals surface area (Å²) in [4.78, 5) is 14.5. The third kappa shape index (κ3) is 4.58. The molecule has 1 heterocycles. The summed E-state index contributed by atoms with van der Waals surface area (Å²) < 4.78 is 1.74. The quantitative estimate of drug-likeness (QED) is 0.855. The average molecular weight is 390 g/mol. The Labute approximate surface area is 131 Å². The van der Waals surface area contributed by atoms with Crippen LogP contribution in [0.2, 0.25) is 0 Å². The molecule has 1 aromatic rings. The third-order valence-electron chi connectivity index (χ3n) is 3.34. The van der Waals surface area contributed by atoms with Crippen molar-refractivity contribution in [1.29, 1.82) is 0 Å². The zero-order valence-electron chi connectivity index (χ0n) is 10.8. The van der Waals surface area contributed by atoms with Crippen LogP contribution >= 0.6 is 31.9 Å². The number of carbonyl (C=O) groups is 1. The normalized spacial score (nSPS) is 16.3. The fraction of sp³-hybridized carbons (Fsp3) is 0.500. The van der Waals surface area contributed by atoms with Crippen LogP contribution in [-0.4, -0.2) is 37.0 Å². The van der Waals surface area contributed by atoms with Crippen molar-refractivity contribution in [3.05, 3.63) is 32.7 Å². The molecule has 0 spiro atoms. The van der Waals surface area contributed by atoms with Crippen LogP contribution < -0.4 is 5.32 Å². The number of rotatable bonds is 4. The van der Waals surface area contributed by atoms with Crippen LogP contribution in [0.1, 0.15) is 29.6 Å². The van der Waals surface area contributed by atoms with E-state index >= 15 is 0 Å². The van der Waals surface area contributed by atoms with E-state index in [4.69, 9.17) is 0 Å². The van der Waals surface area contributed by atoms with Gasteiger partial charge >= 0.3 is 0 Å². The molecule has 0 aromatic heterocycles. The van der Waals surface area contributed by atoms with Gasteiger partial charge in [-0.3, -0.25) is 4.79 Å². The topological polar surface area (TPSA) is 32.3 Å². The molecular formula is C14H18Br2N2O. The van der Waals surface area contributed by atoms with Gasteiger partial charge in [-0.05, 0) is 60.1 Å². The number of hydrogen-bond acceptors (Lipinski definition) is 2. The lowest BCUT2D eigenvalue weighted by molar-refractivity contribution is 0.0945. The third-order valence-corrected chi connectivity index (χ3v) is 4.52. The maximum Gasteiger partial charge on any atom is 0.252 e. The Morgan fingerprint density at radius 3 is 2.68 bits per heavy atom. The molecule has 1 aliphatic rings. The van der Waals surface area contributed by atoms with E-state index in [1.165, 1.54) is 19.3 Å². The van der Waals surface area contributed by atoms with Crippen LogP contribution in [0.3, 0.4) is 0 Å². The first-order valence-electron chi connectivity index (χ1n) is 6.62. The number of carbonyl (C=O) groups excluding carboxylic acids is 1. The molecule has 0 radical (unpaired) electrons. The van der Waals surface area contributed by atoms with Gasteiger partial charge in [-0.25, -0.2) is 0 Å². The molecule has 3 nitrogen and oxygen atoms in total. The molecule has 1 fully saturated rings. The smallest absolute Gasteiger partial charge is 0.252 e. The van der Waals surface area contributed by atoms with E-state index < -0.39 is 0 Å². The lowest BCUT2D eigenvalue weighted by Gasteiger charge is -2.26. The predicted molar refractivity (Wildman–Crippen MR) is 84.5 cm³/mol. The molecule has 0 aliphatic carbocycles. The molecule has 104 valence electrons. The highest BCUT2D eigenvalue weighted by molar-refractivity contribution is 9.11. The predicted octanol–water partition coefficient (Wildman–Crippen LogP) is 3.43. The summed E-state index contributed by atoms with van der Waals surface area (Å²) >= 11 is 6.79. The Bertz CT molecular complexity index is 445. The molecule has 1 N–H and O–H groups in total. The van der Waals surface area contributed by atoms with Gasteiger partial charge < -0.3 is 10.2 Å². The summed E-state index contributed by atoms with van der Waals surface area (Å²) in [5.74, 6) is -0.0230. The number of benzene rings is 1. The highest BCUT2D eigenvalue weighted by atomic mass is 79.9. The van der Waals surface area contributed by atoms with Gasteiger partial charge in [0.25, 0.3) is 5.91 Å². The van der Waals surface area contributed by atoms with Crippen molar-refractivity contribution in [1.82, 2.24) is 10.2 Å². The van der Waals surface area contributed by atoms with Gasteiger partial charge in [-0.1, -0.05) is 22.4 Å². The number of piperidine rings is 1. The van der Waals surface area contributed by atoms with Crippen LogP contribution in [0.4, 0.5) is 0 Å². The summed E-state index contributed by atoms with van der Waals surface area (Å²) in [6.45, 7) is 3.97. The Morgan fingerprint density at radius 2 is 1.95 bits per heavy atom. The summed E-state index contributed by atoms with van der Waals surface area (Å²) in [6, 6.07) is 5.62. The van der Waals surface area contributed by atoms with Gasteiger partial charge in [-0.2, -0.15) is 0 Å². The lowest BCUT2D eigenvalue weighted by atomic mass is 10.1. The summed E-state index contributed by atoms with van der Waals surface area (Å²) in [5, 5.41) is 2.98. The zero-order valence-corrected chi connectivity index (χ0v) is 14.0. The SMILES string of the molecule is O=C(NCCN1CCCCC1)c1cc(Br)ccc1Br. The fourth-order valence-corrected chi connectivity index (χ4v) is 3.07. The molecule has 19 heavy (non-hydrogen) atoms. The molecule has 0 unspecified atom stereocenters. The highest BCUT2D eigenvalue weighted by Gasteiger charge is 2.12. The highest BCUT2D eigenvalue weighted by Crippen LogP contribution is 2.21. The molecule has 0 atom stereocenters. The Morgan fingerprint density at radius 1 is 1.21 bits per heavy atom. The number of hydrogen-bond donors (Lipinski definition) is 1. The minimum atomic E-state index is -0.0230. The lowest BCUT2D eigenvalue weighted by Crippen LogP contribution is -2.37. The Hall–Kier alpha value is -0.390. The van der Waals surface area contributed by atoms with Gasteiger partial charge in [0.05, 0.1) is 5.56 Å². The number of halogens is 2. The zero-order chi connectivity index (χ0) is 13.7. The average Bonchev–Trinajstić information content (AvgIpc) is 2.42. The summed E-state index contributed by atoms with van der Waals surface area (Å²) in [6.07, 6.45) is 3.91. The van der Waals surface area contributed by atoms with E-state index in [0.29, 0.717) is 12.1 Å². The molecule has 0 saturated carbocycles. The van der Waals surface area contributed by atoms with Crippen molar-refractivity contribution in [2.45, 2.75) is 19.3 Å². The Balaban J connectivity index is 1.82. The number of nitrogens with one attached hydrogen (secondary N) is 1. The van der Waals surface area contributed by atoms with E-state index in [9.17, 15) is 4.79 Å². The standard InChI is InChI=1S/C14H18Br2N2O/c15-11-4-5-13(16)12(10-11)14(19)17-6-9-18-7-2-1-3-8-18/h4-5,10H,1-3,6-9H2,(H,17,19). The van der Waals surface area contributed by atoms with Gasteiger partial charge in [0.15, 0.2) is 0 Å². The van der Waals surface area contributed by atoms with Gasteiger partial charge in [0.1, 0.15) is 0 Å². The second-order valence-corrected chi connectivity index (χ2v) is 6.55. The molecule has 1 saturated heterocycles. The number of likely N-dealkylation sites (tertiary alicyclic amines) is 1. The second kappa shape index (κ2) is 7.41. The molecule has 1 aliphatic heterocycles. The van der Waals surface area contributed by atoms with E-state index in [0.717, 1.165) is 28.6 Å². The van der Waals surface area contributed by atoms with Gasteiger partial charge in [0.2, 0.25) is 0 Å². The first-order valence-corrected chi connectivity index (χ1v) is 8.21. The fourth-order valence-electron chi connectivity index (χ4n) is 2.28. The summed E-state index contributed by atoms with van der Waals surface area (Å²) in [7, 11) is 0. The first-order chi connectivity index (χ1) is 9.16. The minimum Gasteiger partial charge on any atom is -0.351 e. The van der Waals surface area contributed by atoms with Crippen molar-refractivity contribution in [3.8, 4) is 0 Å².